The molecule has 0 aliphatic carbocycles. The third-order valence-electron chi connectivity index (χ3n) is 3.82. The Morgan fingerprint density at radius 1 is 1.03 bits per heavy atom. The van der Waals surface area contributed by atoms with Gasteiger partial charge in [0.25, 0.3) is 15.9 Å². The van der Waals surface area contributed by atoms with Crippen LogP contribution in [0, 0.1) is 6.92 Å². The highest BCUT2D eigenvalue weighted by Gasteiger charge is 2.24. The first-order valence-electron chi connectivity index (χ1n) is 8.08. The average Bonchev–Trinajstić information content (AvgIpc) is 2.68. The number of benzene rings is 2. The molecule has 0 radical (unpaired) electrons. The van der Waals surface area contributed by atoms with E-state index in [0.717, 1.165) is 23.5 Å². The van der Waals surface area contributed by atoms with Crippen molar-refractivity contribution in [3.63, 3.8) is 0 Å². The fourth-order valence-electron chi connectivity index (χ4n) is 2.32. The lowest BCUT2D eigenvalue weighted by Gasteiger charge is -2.13. The number of carbonyl (C=O) groups excluding carboxylic acids is 1. The smallest absolute Gasteiger partial charge is 0.266 e. The van der Waals surface area contributed by atoms with E-state index in [2.05, 4.69) is 4.98 Å². The van der Waals surface area contributed by atoms with Gasteiger partial charge in [-0.15, -0.1) is 0 Å². The van der Waals surface area contributed by atoms with Gasteiger partial charge in [0.2, 0.25) is 0 Å². The van der Waals surface area contributed by atoms with E-state index < -0.39 is 15.9 Å². The van der Waals surface area contributed by atoms with Crippen LogP contribution < -0.4 is 4.72 Å². The van der Waals surface area contributed by atoms with Crippen molar-refractivity contribution in [2.75, 3.05) is 0 Å². The Morgan fingerprint density at radius 2 is 1.72 bits per heavy atom. The van der Waals surface area contributed by atoms with Gasteiger partial charge in [-0.3, -0.25) is 9.78 Å². The number of halogens is 3. The van der Waals surface area contributed by atoms with E-state index in [4.69, 9.17) is 34.8 Å². The van der Waals surface area contributed by atoms with Gasteiger partial charge in [-0.1, -0.05) is 52.6 Å². The third kappa shape index (κ3) is 5.05. The molecule has 10 heteroatoms. The van der Waals surface area contributed by atoms with Crippen LogP contribution in [0.2, 0.25) is 15.1 Å². The fourth-order valence-corrected chi connectivity index (χ4v) is 5.43. The molecule has 1 amide bonds. The number of amides is 1. The van der Waals surface area contributed by atoms with Crippen molar-refractivity contribution in [2.24, 2.45) is 0 Å². The minimum absolute atomic E-state index is 0.154. The molecule has 0 bridgehead atoms. The van der Waals surface area contributed by atoms with Crippen molar-refractivity contribution in [3.8, 4) is 0 Å². The number of hydrogen-bond acceptors (Lipinski definition) is 5. The molecule has 29 heavy (non-hydrogen) atoms. The monoisotopic (exact) mass is 486 g/mol. The van der Waals surface area contributed by atoms with Crippen LogP contribution in [0.4, 0.5) is 0 Å². The van der Waals surface area contributed by atoms with Gasteiger partial charge in [-0.2, -0.15) is 0 Å². The van der Waals surface area contributed by atoms with Crippen LogP contribution in [-0.4, -0.2) is 19.3 Å². The molecule has 0 atom stereocenters. The number of aryl methyl sites for hydroxylation is 1. The lowest BCUT2D eigenvalue weighted by atomic mass is 10.2. The third-order valence-corrected chi connectivity index (χ3v) is 7.79. The number of carbonyl (C=O) groups is 1. The molecule has 0 saturated heterocycles. The predicted molar refractivity (Wildman–Crippen MR) is 116 cm³/mol. The highest BCUT2D eigenvalue weighted by atomic mass is 35.5. The standard InChI is InChI=1S/C19H13Cl3N2O3S2/c1-11-2-7-14(21)18(17(11)22)28-15-8-9-23-10-16(15)29(26,27)24-19(25)12-3-5-13(20)6-4-12/h2-10H,1H3,(H,24,25). The zero-order valence-corrected chi connectivity index (χ0v) is 18.7. The molecule has 0 unspecified atom stereocenters. The zero-order valence-electron chi connectivity index (χ0n) is 14.8. The van der Waals surface area contributed by atoms with Crippen LogP contribution >= 0.6 is 46.6 Å². The second kappa shape index (κ2) is 8.93. The largest absolute Gasteiger partial charge is 0.268 e. The van der Waals surface area contributed by atoms with Gasteiger partial charge in [0.15, 0.2) is 0 Å². The molecule has 1 N–H and O–H groups in total. The maximum atomic E-state index is 12.9. The Labute approximate surface area is 187 Å². The van der Waals surface area contributed by atoms with Gasteiger partial charge in [-0.25, -0.2) is 13.1 Å². The lowest BCUT2D eigenvalue weighted by Crippen LogP contribution is -2.31. The van der Waals surface area contributed by atoms with Gasteiger partial charge in [0, 0.05) is 32.8 Å². The molecular formula is C19H13Cl3N2O3S2. The summed E-state index contributed by atoms with van der Waals surface area (Å²) in [6, 6.07) is 10.8. The molecule has 3 aromatic rings. The van der Waals surface area contributed by atoms with Crippen molar-refractivity contribution in [2.45, 2.75) is 21.6 Å². The molecule has 3 rings (SSSR count). The summed E-state index contributed by atoms with van der Waals surface area (Å²) < 4.78 is 27.8. The Hall–Kier alpha value is -1.77. The van der Waals surface area contributed by atoms with E-state index in [9.17, 15) is 13.2 Å². The summed E-state index contributed by atoms with van der Waals surface area (Å²) >= 11 is 19.5. The molecule has 0 fully saturated rings. The highest BCUT2D eigenvalue weighted by Crippen LogP contribution is 2.41. The van der Waals surface area contributed by atoms with Crippen LogP contribution in [-0.2, 0) is 10.0 Å². The molecule has 2 aromatic carbocycles. The first-order valence-corrected chi connectivity index (χ1v) is 11.5. The molecule has 0 saturated carbocycles. The molecule has 1 aromatic heterocycles. The van der Waals surface area contributed by atoms with Crippen molar-refractivity contribution >= 4 is 62.5 Å². The maximum absolute atomic E-state index is 12.9. The lowest BCUT2D eigenvalue weighted by molar-refractivity contribution is 0.0981. The number of nitrogens with zero attached hydrogens (tertiary/aromatic N) is 1. The molecule has 0 spiro atoms. The van der Waals surface area contributed by atoms with E-state index in [1.165, 1.54) is 36.5 Å². The Bertz CT molecular complexity index is 1180. The molecule has 5 nitrogen and oxygen atoms in total. The molecular weight excluding hydrogens is 475 g/mol. The van der Waals surface area contributed by atoms with E-state index in [0.29, 0.717) is 24.9 Å². The van der Waals surface area contributed by atoms with Crippen molar-refractivity contribution in [1.29, 1.82) is 0 Å². The molecule has 0 aliphatic rings. The number of hydrogen-bond donors (Lipinski definition) is 1. The van der Waals surface area contributed by atoms with Crippen molar-refractivity contribution in [1.82, 2.24) is 9.71 Å². The van der Waals surface area contributed by atoms with E-state index >= 15 is 0 Å². The summed E-state index contributed by atoms with van der Waals surface area (Å²) in [6.45, 7) is 1.82. The Morgan fingerprint density at radius 3 is 2.41 bits per heavy atom. The van der Waals surface area contributed by atoms with E-state index in [1.54, 1.807) is 12.1 Å². The SMILES string of the molecule is Cc1ccc(Cl)c(Sc2ccncc2S(=O)(=O)NC(=O)c2ccc(Cl)cc2)c1Cl. The van der Waals surface area contributed by atoms with Gasteiger partial charge in [0.1, 0.15) is 4.90 Å². The summed E-state index contributed by atoms with van der Waals surface area (Å²) in [7, 11) is -4.21. The van der Waals surface area contributed by atoms with Crippen LogP contribution in [0.15, 0.2) is 69.5 Å². The van der Waals surface area contributed by atoms with E-state index in [-0.39, 0.29) is 10.5 Å². The fraction of sp³-hybridized carbons (Fsp3) is 0.0526. The van der Waals surface area contributed by atoms with Crippen LogP contribution in [0.3, 0.4) is 0 Å². The normalized spacial score (nSPS) is 11.3. The zero-order chi connectivity index (χ0) is 21.2. The number of rotatable bonds is 5. The first-order chi connectivity index (χ1) is 13.7. The Balaban J connectivity index is 1.94. The van der Waals surface area contributed by atoms with Gasteiger partial charge in [0.05, 0.1) is 10.0 Å². The first kappa shape index (κ1) is 21.9. The summed E-state index contributed by atoms with van der Waals surface area (Å²) in [5.74, 6) is -0.784. The van der Waals surface area contributed by atoms with Crippen LogP contribution in [0.25, 0.3) is 0 Å². The van der Waals surface area contributed by atoms with Gasteiger partial charge < -0.3 is 0 Å². The van der Waals surface area contributed by atoms with Crippen LogP contribution in [0.1, 0.15) is 15.9 Å². The second-order valence-corrected chi connectivity index (χ2v) is 9.80. The molecule has 0 aliphatic heterocycles. The molecule has 150 valence electrons. The predicted octanol–water partition coefficient (Wildman–Crippen LogP) is 5.62. The quantitative estimate of drug-likeness (QED) is 0.505. The van der Waals surface area contributed by atoms with Crippen molar-refractivity contribution < 1.29 is 13.2 Å². The van der Waals surface area contributed by atoms with Crippen molar-refractivity contribution in [3.05, 3.63) is 81.1 Å². The molecule has 1 heterocycles. The second-order valence-electron chi connectivity index (χ2n) is 5.87. The number of sulfonamides is 1. The summed E-state index contributed by atoms with van der Waals surface area (Å²) in [6.07, 6.45) is 2.61. The minimum atomic E-state index is -4.21. The number of nitrogens with one attached hydrogen (secondary N) is 1. The summed E-state index contributed by atoms with van der Waals surface area (Å²) in [5, 5.41) is 1.24. The van der Waals surface area contributed by atoms with Gasteiger partial charge >= 0.3 is 0 Å². The van der Waals surface area contributed by atoms with E-state index in [1.807, 2.05) is 11.6 Å². The summed E-state index contributed by atoms with van der Waals surface area (Å²) in [5.41, 5.74) is 0.953. The average molecular weight is 488 g/mol. The van der Waals surface area contributed by atoms with Gasteiger partial charge in [-0.05, 0) is 48.9 Å². The minimum Gasteiger partial charge on any atom is -0.268 e. The topological polar surface area (TPSA) is 76.1 Å². The number of pyridine rings is 1. The highest BCUT2D eigenvalue weighted by molar-refractivity contribution is 8.00. The maximum Gasteiger partial charge on any atom is 0.266 e. The van der Waals surface area contributed by atoms with Crippen LogP contribution in [0.5, 0.6) is 0 Å². The Kier molecular flexibility index (Phi) is 6.76. The number of aromatic nitrogens is 1. The summed E-state index contributed by atoms with van der Waals surface area (Å²) in [4.78, 5) is 16.9.